The SMILES string of the molecule is CCCCOc1ccc(NC(=O)C(C)(C)OCCC)cc1. The first-order valence-electron chi connectivity index (χ1n) is 7.68. The number of carbonyl (C=O) groups is 1. The number of hydrogen-bond acceptors (Lipinski definition) is 3. The average molecular weight is 293 g/mol. The maximum Gasteiger partial charge on any atom is 0.256 e. The number of benzene rings is 1. The molecule has 4 heteroatoms. The summed E-state index contributed by atoms with van der Waals surface area (Å²) in [6, 6.07) is 7.42. The van der Waals surface area contributed by atoms with E-state index in [4.69, 9.17) is 9.47 Å². The number of rotatable bonds is 9. The second kappa shape index (κ2) is 8.67. The lowest BCUT2D eigenvalue weighted by molar-refractivity contribution is -0.137. The summed E-state index contributed by atoms with van der Waals surface area (Å²) in [7, 11) is 0. The molecule has 0 heterocycles. The van der Waals surface area contributed by atoms with Gasteiger partial charge in [-0.05, 0) is 51.0 Å². The normalized spacial score (nSPS) is 11.2. The Morgan fingerprint density at radius 2 is 1.76 bits per heavy atom. The molecular weight excluding hydrogens is 266 g/mol. The number of amides is 1. The quantitative estimate of drug-likeness (QED) is 0.700. The number of carbonyl (C=O) groups excluding carboxylic acids is 1. The molecule has 0 saturated carbocycles. The number of unbranched alkanes of at least 4 members (excludes halogenated alkanes) is 1. The molecule has 0 spiro atoms. The van der Waals surface area contributed by atoms with Crippen molar-refractivity contribution in [2.24, 2.45) is 0 Å². The minimum absolute atomic E-state index is 0.143. The molecule has 0 radical (unpaired) electrons. The van der Waals surface area contributed by atoms with Crippen LogP contribution in [-0.2, 0) is 9.53 Å². The fourth-order valence-corrected chi connectivity index (χ4v) is 1.67. The minimum Gasteiger partial charge on any atom is -0.494 e. The van der Waals surface area contributed by atoms with Crippen LogP contribution in [0.4, 0.5) is 5.69 Å². The van der Waals surface area contributed by atoms with Gasteiger partial charge >= 0.3 is 0 Å². The van der Waals surface area contributed by atoms with Gasteiger partial charge in [-0.1, -0.05) is 20.3 Å². The third-order valence-corrected chi connectivity index (χ3v) is 3.09. The predicted octanol–water partition coefficient (Wildman–Crippen LogP) is 4.01. The van der Waals surface area contributed by atoms with Crippen molar-refractivity contribution in [3.63, 3.8) is 0 Å². The van der Waals surface area contributed by atoms with Crippen LogP contribution in [0.5, 0.6) is 5.75 Å². The molecular formula is C17H27NO3. The average Bonchev–Trinajstić information content (AvgIpc) is 2.47. The van der Waals surface area contributed by atoms with E-state index in [1.165, 1.54) is 0 Å². The Morgan fingerprint density at radius 3 is 2.33 bits per heavy atom. The molecule has 0 aromatic heterocycles. The zero-order valence-corrected chi connectivity index (χ0v) is 13.6. The molecule has 1 aromatic rings. The van der Waals surface area contributed by atoms with Crippen LogP contribution in [0.3, 0.4) is 0 Å². The van der Waals surface area contributed by atoms with Crippen LogP contribution in [0.15, 0.2) is 24.3 Å². The van der Waals surface area contributed by atoms with E-state index >= 15 is 0 Å². The van der Waals surface area contributed by atoms with Gasteiger partial charge in [0.2, 0.25) is 0 Å². The highest BCUT2D eigenvalue weighted by molar-refractivity contribution is 5.96. The molecule has 21 heavy (non-hydrogen) atoms. The highest BCUT2D eigenvalue weighted by Crippen LogP contribution is 2.18. The van der Waals surface area contributed by atoms with Crippen LogP contribution in [-0.4, -0.2) is 24.7 Å². The van der Waals surface area contributed by atoms with E-state index in [0.29, 0.717) is 6.61 Å². The van der Waals surface area contributed by atoms with E-state index in [1.54, 1.807) is 13.8 Å². The van der Waals surface area contributed by atoms with E-state index < -0.39 is 5.60 Å². The van der Waals surface area contributed by atoms with Crippen LogP contribution >= 0.6 is 0 Å². The molecule has 0 fully saturated rings. The summed E-state index contributed by atoms with van der Waals surface area (Å²) in [5, 5.41) is 2.87. The second-order valence-electron chi connectivity index (χ2n) is 5.54. The number of hydrogen-bond donors (Lipinski definition) is 1. The Bertz CT molecular complexity index is 426. The van der Waals surface area contributed by atoms with Gasteiger partial charge in [-0.15, -0.1) is 0 Å². The zero-order valence-electron chi connectivity index (χ0n) is 13.6. The Balaban J connectivity index is 2.52. The molecule has 1 aromatic carbocycles. The van der Waals surface area contributed by atoms with Crippen molar-refractivity contribution in [1.82, 2.24) is 0 Å². The van der Waals surface area contributed by atoms with E-state index in [9.17, 15) is 4.79 Å². The van der Waals surface area contributed by atoms with Gasteiger partial charge in [0.05, 0.1) is 6.61 Å². The highest BCUT2D eigenvalue weighted by Gasteiger charge is 2.28. The van der Waals surface area contributed by atoms with Crippen LogP contribution in [0, 0.1) is 0 Å². The van der Waals surface area contributed by atoms with Crippen LogP contribution in [0.1, 0.15) is 47.0 Å². The van der Waals surface area contributed by atoms with Crippen molar-refractivity contribution in [1.29, 1.82) is 0 Å². The number of anilines is 1. The monoisotopic (exact) mass is 293 g/mol. The summed E-state index contributed by atoms with van der Waals surface area (Å²) in [6.07, 6.45) is 3.04. The van der Waals surface area contributed by atoms with Crippen molar-refractivity contribution in [3.05, 3.63) is 24.3 Å². The van der Waals surface area contributed by atoms with Gasteiger partial charge in [0, 0.05) is 12.3 Å². The van der Waals surface area contributed by atoms with Crippen LogP contribution in [0.25, 0.3) is 0 Å². The third-order valence-electron chi connectivity index (χ3n) is 3.09. The van der Waals surface area contributed by atoms with Gasteiger partial charge < -0.3 is 14.8 Å². The Hall–Kier alpha value is -1.55. The Morgan fingerprint density at radius 1 is 1.10 bits per heavy atom. The molecule has 1 N–H and O–H groups in total. The van der Waals surface area contributed by atoms with Crippen LogP contribution < -0.4 is 10.1 Å². The van der Waals surface area contributed by atoms with Crippen molar-refractivity contribution in [2.45, 2.75) is 52.6 Å². The van der Waals surface area contributed by atoms with Gasteiger partial charge in [0.25, 0.3) is 5.91 Å². The lowest BCUT2D eigenvalue weighted by Crippen LogP contribution is -2.40. The number of nitrogens with one attached hydrogen (secondary N) is 1. The standard InChI is InChI=1S/C17H27NO3/c1-5-7-13-20-15-10-8-14(9-11-15)18-16(19)17(3,4)21-12-6-2/h8-11H,5-7,12-13H2,1-4H3,(H,18,19). The molecule has 0 aliphatic rings. The molecule has 118 valence electrons. The van der Waals surface area contributed by atoms with Gasteiger partial charge in [-0.25, -0.2) is 0 Å². The molecule has 1 amide bonds. The summed E-state index contributed by atoms with van der Waals surface area (Å²) in [4.78, 5) is 12.2. The third kappa shape index (κ3) is 6.17. The van der Waals surface area contributed by atoms with Crippen molar-refractivity contribution >= 4 is 11.6 Å². The Kier molecular flexibility index (Phi) is 7.23. The second-order valence-corrected chi connectivity index (χ2v) is 5.54. The minimum atomic E-state index is -0.827. The lowest BCUT2D eigenvalue weighted by atomic mass is 10.1. The maximum absolute atomic E-state index is 12.2. The van der Waals surface area contributed by atoms with E-state index in [2.05, 4.69) is 12.2 Å². The number of ether oxygens (including phenoxy) is 2. The van der Waals surface area contributed by atoms with Gasteiger partial charge in [0.1, 0.15) is 11.4 Å². The Labute approximate surface area is 127 Å². The zero-order chi connectivity index (χ0) is 15.7. The molecule has 0 atom stereocenters. The molecule has 4 nitrogen and oxygen atoms in total. The topological polar surface area (TPSA) is 47.6 Å². The van der Waals surface area contributed by atoms with Gasteiger partial charge in [0.15, 0.2) is 0 Å². The smallest absolute Gasteiger partial charge is 0.256 e. The van der Waals surface area contributed by atoms with Gasteiger partial charge in [-0.2, -0.15) is 0 Å². The fraction of sp³-hybridized carbons (Fsp3) is 0.588. The van der Waals surface area contributed by atoms with Gasteiger partial charge in [-0.3, -0.25) is 4.79 Å². The summed E-state index contributed by atoms with van der Waals surface area (Å²) in [5.74, 6) is 0.679. The van der Waals surface area contributed by atoms with E-state index in [-0.39, 0.29) is 5.91 Å². The van der Waals surface area contributed by atoms with Crippen molar-refractivity contribution < 1.29 is 14.3 Å². The summed E-state index contributed by atoms with van der Waals surface area (Å²) in [5.41, 5.74) is -0.0808. The van der Waals surface area contributed by atoms with Crippen LogP contribution in [0.2, 0.25) is 0 Å². The maximum atomic E-state index is 12.2. The molecule has 0 bridgehead atoms. The molecule has 0 unspecified atom stereocenters. The summed E-state index contributed by atoms with van der Waals surface area (Å²) in [6.45, 7) is 9.00. The molecule has 1 rings (SSSR count). The molecule has 0 aliphatic carbocycles. The van der Waals surface area contributed by atoms with Crippen molar-refractivity contribution in [2.75, 3.05) is 18.5 Å². The predicted molar refractivity (Wildman–Crippen MR) is 85.8 cm³/mol. The first-order valence-corrected chi connectivity index (χ1v) is 7.68. The summed E-state index contributed by atoms with van der Waals surface area (Å²) >= 11 is 0. The first kappa shape index (κ1) is 17.5. The summed E-state index contributed by atoms with van der Waals surface area (Å²) < 4.78 is 11.2. The largest absolute Gasteiger partial charge is 0.494 e. The van der Waals surface area contributed by atoms with E-state index in [1.807, 2.05) is 31.2 Å². The van der Waals surface area contributed by atoms with Crippen molar-refractivity contribution in [3.8, 4) is 5.75 Å². The fourth-order valence-electron chi connectivity index (χ4n) is 1.67. The molecule has 0 saturated heterocycles. The van der Waals surface area contributed by atoms with E-state index in [0.717, 1.165) is 37.3 Å². The highest BCUT2D eigenvalue weighted by atomic mass is 16.5. The first-order chi connectivity index (χ1) is 9.99. The lowest BCUT2D eigenvalue weighted by Gasteiger charge is -2.24. The molecule has 0 aliphatic heterocycles.